The molecule has 2 aromatic rings. The molecule has 1 heterocycles. The van der Waals surface area contributed by atoms with E-state index in [4.69, 9.17) is 5.11 Å². The number of carboxylic acids is 1. The van der Waals surface area contributed by atoms with E-state index in [0.717, 1.165) is 34.8 Å². The zero-order valence-electron chi connectivity index (χ0n) is 10.9. The highest BCUT2D eigenvalue weighted by Crippen LogP contribution is 2.21. The van der Waals surface area contributed by atoms with E-state index in [1.54, 1.807) is 0 Å². The van der Waals surface area contributed by atoms with Crippen molar-refractivity contribution in [3.05, 3.63) is 54.0 Å². The smallest absolute Gasteiger partial charge is 0.337 e. The molecule has 6 nitrogen and oxygen atoms in total. The Labute approximate surface area is 120 Å². The molecule has 1 aromatic heterocycles. The lowest BCUT2D eigenvalue weighted by Gasteiger charge is -2.18. The predicted molar refractivity (Wildman–Crippen MR) is 73.2 cm³/mol. The van der Waals surface area contributed by atoms with Crippen LogP contribution in [0.5, 0.6) is 0 Å². The molecule has 0 atom stereocenters. The summed E-state index contributed by atoms with van der Waals surface area (Å²) < 4.78 is 38.4. The van der Waals surface area contributed by atoms with Gasteiger partial charge in [0.05, 0.1) is 11.3 Å². The molecule has 0 amide bonds. The maximum atomic E-state index is 12.9. The van der Waals surface area contributed by atoms with E-state index < -0.39 is 21.8 Å². The van der Waals surface area contributed by atoms with Crippen LogP contribution < -0.4 is 4.31 Å². The highest BCUT2D eigenvalue weighted by atomic mass is 32.2. The number of aromatic nitrogens is 1. The second-order valence-corrected chi connectivity index (χ2v) is 6.06. The van der Waals surface area contributed by atoms with Gasteiger partial charge in [-0.15, -0.1) is 0 Å². The van der Waals surface area contributed by atoms with Crippen LogP contribution in [0.2, 0.25) is 0 Å². The standard InChI is InChI=1S/C13H11FN2O4S/c1-16(11-5-3-10(14)4-6-11)21(19,20)12-7-2-9(8-15-12)13(17)18/h2-8H,1H3,(H,17,18). The Kier molecular flexibility index (Phi) is 3.90. The maximum Gasteiger partial charge on any atom is 0.337 e. The molecule has 0 aliphatic rings. The quantitative estimate of drug-likeness (QED) is 0.929. The number of rotatable bonds is 4. The third-order valence-corrected chi connectivity index (χ3v) is 4.50. The van der Waals surface area contributed by atoms with Gasteiger partial charge in [0.2, 0.25) is 0 Å². The lowest BCUT2D eigenvalue weighted by molar-refractivity contribution is 0.0696. The summed E-state index contributed by atoms with van der Waals surface area (Å²) in [5.74, 6) is -1.67. The van der Waals surface area contributed by atoms with Crippen molar-refractivity contribution < 1.29 is 22.7 Å². The molecule has 0 fully saturated rings. The first-order valence-electron chi connectivity index (χ1n) is 5.76. The van der Waals surface area contributed by atoms with Crippen molar-refractivity contribution in [3.63, 3.8) is 0 Å². The number of carbonyl (C=O) groups is 1. The summed E-state index contributed by atoms with van der Waals surface area (Å²) in [6.07, 6.45) is 0.966. The van der Waals surface area contributed by atoms with Gasteiger partial charge in [0.25, 0.3) is 10.0 Å². The fraction of sp³-hybridized carbons (Fsp3) is 0.0769. The number of hydrogen-bond donors (Lipinski definition) is 1. The molecule has 0 unspecified atom stereocenters. The number of carboxylic acid groups (broad SMARTS) is 1. The molecule has 0 bridgehead atoms. The van der Waals surface area contributed by atoms with Crippen molar-refractivity contribution in [2.75, 3.05) is 11.4 Å². The number of anilines is 1. The monoisotopic (exact) mass is 310 g/mol. The number of benzene rings is 1. The molecule has 0 aliphatic carbocycles. The van der Waals surface area contributed by atoms with Gasteiger partial charge in [-0.1, -0.05) is 0 Å². The zero-order chi connectivity index (χ0) is 15.6. The minimum absolute atomic E-state index is 0.113. The Morgan fingerprint density at radius 3 is 2.29 bits per heavy atom. The Balaban J connectivity index is 2.36. The summed E-state index contributed by atoms with van der Waals surface area (Å²) in [6.45, 7) is 0. The molecule has 0 saturated carbocycles. The predicted octanol–water partition coefficient (Wildman–Crippen LogP) is 1.74. The number of aromatic carboxylic acids is 1. The summed E-state index contributed by atoms with van der Waals surface area (Å²) in [4.78, 5) is 14.4. The first kappa shape index (κ1) is 14.9. The van der Waals surface area contributed by atoms with Gasteiger partial charge in [-0.05, 0) is 36.4 Å². The van der Waals surface area contributed by atoms with Gasteiger partial charge in [0, 0.05) is 13.2 Å². The number of sulfonamides is 1. The summed E-state index contributed by atoms with van der Waals surface area (Å²) in [6, 6.07) is 7.18. The lowest BCUT2D eigenvalue weighted by Crippen LogP contribution is -2.27. The van der Waals surface area contributed by atoms with Crippen molar-refractivity contribution in [2.45, 2.75) is 5.03 Å². The minimum atomic E-state index is -3.94. The highest BCUT2D eigenvalue weighted by molar-refractivity contribution is 7.92. The van der Waals surface area contributed by atoms with Crippen LogP contribution in [0.15, 0.2) is 47.6 Å². The van der Waals surface area contributed by atoms with Gasteiger partial charge in [-0.3, -0.25) is 4.31 Å². The van der Waals surface area contributed by atoms with E-state index in [9.17, 15) is 17.6 Å². The normalized spacial score (nSPS) is 11.1. The van der Waals surface area contributed by atoms with E-state index >= 15 is 0 Å². The Morgan fingerprint density at radius 2 is 1.81 bits per heavy atom. The number of hydrogen-bond acceptors (Lipinski definition) is 4. The largest absolute Gasteiger partial charge is 0.478 e. The molecule has 0 saturated heterocycles. The van der Waals surface area contributed by atoms with Crippen molar-refractivity contribution in [1.82, 2.24) is 4.98 Å². The third kappa shape index (κ3) is 3.00. The first-order chi connectivity index (χ1) is 9.82. The van der Waals surface area contributed by atoms with Crippen LogP contribution >= 0.6 is 0 Å². The SMILES string of the molecule is CN(c1ccc(F)cc1)S(=O)(=O)c1ccc(C(=O)O)cn1. The van der Waals surface area contributed by atoms with E-state index in [0.29, 0.717) is 0 Å². The third-order valence-electron chi connectivity index (χ3n) is 2.80. The van der Waals surface area contributed by atoms with Gasteiger partial charge in [-0.2, -0.15) is 8.42 Å². The van der Waals surface area contributed by atoms with E-state index in [2.05, 4.69) is 4.98 Å². The number of halogens is 1. The number of pyridine rings is 1. The van der Waals surface area contributed by atoms with Crippen LogP contribution in [0.1, 0.15) is 10.4 Å². The summed E-state index contributed by atoms with van der Waals surface area (Å²) >= 11 is 0. The molecule has 0 spiro atoms. The maximum absolute atomic E-state index is 12.9. The van der Waals surface area contributed by atoms with Crippen LogP contribution in [-0.4, -0.2) is 31.5 Å². The molecule has 21 heavy (non-hydrogen) atoms. The molecule has 0 aliphatic heterocycles. The molecule has 1 aromatic carbocycles. The molecule has 2 rings (SSSR count). The van der Waals surface area contributed by atoms with Crippen LogP contribution in [0.4, 0.5) is 10.1 Å². The van der Waals surface area contributed by atoms with E-state index in [-0.39, 0.29) is 16.3 Å². The lowest BCUT2D eigenvalue weighted by atomic mass is 10.3. The Hall–Kier alpha value is -2.48. The molecule has 8 heteroatoms. The molecular weight excluding hydrogens is 299 g/mol. The van der Waals surface area contributed by atoms with Gasteiger partial charge < -0.3 is 5.11 Å². The second kappa shape index (κ2) is 5.49. The summed E-state index contributed by atoms with van der Waals surface area (Å²) in [7, 11) is -2.64. The minimum Gasteiger partial charge on any atom is -0.478 e. The van der Waals surface area contributed by atoms with Crippen LogP contribution in [0.25, 0.3) is 0 Å². The second-order valence-electron chi connectivity index (χ2n) is 4.14. The molecular formula is C13H11FN2O4S. The van der Waals surface area contributed by atoms with Gasteiger partial charge >= 0.3 is 5.97 Å². The van der Waals surface area contributed by atoms with E-state index in [1.165, 1.54) is 19.2 Å². The average molecular weight is 310 g/mol. The van der Waals surface area contributed by atoms with Crippen molar-refractivity contribution in [3.8, 4) is 0 Å². The topological polar surface area (TPSA) is 87.6 Å². The van der Waals surface area contributed by atoms with Crippen LogP contribution in [-0.2, 0) is 10.0 Å². The molecule has 110 valence electrons. The van der Waals surface area contributed by atoms with Crippen molar-refractivity contribution in [2.24, 2.45) is 0 Å². The number of nitrogens with zero attached hydrogens (tertiary/aromatic N) is 2. The summed E-state index contributed by atoms with van der Waals surface area (Å²) in [5.41, 5.74) is 0.152. The summed E-state index contributed by atoms with van der Waals surface area (Å²) in [5, 5.41) is 8.46. The van der Waals surface area contributed by atoms with Crippen LogP contribution in [0, 0.1) is 5.82 Å². The van der Waals surface area contributed by atoms with E-state index in [1.807, 2.05) is 0 Å². The molecule has 1 N–H and O–H groups in total. The van der Waals surface area contributed by atoms with Gasteiger partial charge in [-0.25, -0.2) is 14.2 Å². The van der Waals surface area contributed by atoms with Gasteiger partial charge in [0.1, 0.15) is 5.82 Å². The zero-order valence-corrected chi connectivity index (χ0v) is 11.7. The average Bonchev–Trinajstić information content (AvgIpc) is 2.47. The van der Waals surface area contributed by atoms with Crippen LogP contribution in [0.3, 0.4) is 0 Å². The highest BCUT2D eigenvalue weighted by Gasteiger charge is 2.23. The first-order valence-corrected chi connectivity index (χ1v) is 7.20. The van der Waals surface area contributed by atoms with Crippen molar-refractivity contribution in [1.29, 1.82) is 0 Å². The fourth-order valence-corrected chi connectivity index (χ4v) is 2.70. The molecule has 0 radical (unpaired) electrons. The van der Waals surface area contributed by atoms with Gasteiger partial charge in [0.15, 0.2) is 5.03 Å². The Morgan fingerprint density at radius 1 is 1.19 bits per heavy atom. The fourth-order valence-electron chi connectivity index (χ4n) is 1.59. The van der Waals surface area contributed by atoms with Crippen molar-refractivity contribution >= 4 is 21.7 Å². The Bertz CT molecular complexity index is 758.